The zero-order valence-electron chi connectivity index (χ0n) is 9.95. The second kappa shape index (κ2) is 5.61. The number of amides is 1. The number of rotatable bonds is 3. The largest absolute Gasteiger partial charge is 0.379 e. The number of nitrogens with one attached hydrogen (secondary N) is 1. The smallest absolute Gasteiger partial charge is 0.240 e. The predicted octanol–water partition coefficient (Wildman–Crippen LogP) is -0.166. The van der Waals surface area contributed by atoms with Gasteiger partial charge in [-0.25, -0.2) is 10.4 Å². The van der Waals surface area contributed by atoms with Gasteiger partial charge < -0.3 is 9.64 Å². The van der Waals surface area contributed by atoms with Gasteiger partial charge in [-0.2, -0.15) is 0 Å². The quantitative estimate of drug-likeness (QED) is 0.727. The van der Waals surface area contributed by atoms with Gasteiger partial charge in [-0.1, -0.05) is 0 Å². The van der Waals surface area contributed by atoms with Gasteiger partial charge in [0.05, 0.1) is 19.3 Å². The summed E-state index contributed by atoms with van der Waals surface area (Å²) in [6, 6.07) is -0.115. The first-order chi connectivity index (χ1) is 7.77. The van der Waals surface area contributed by atoms with Crippen LogP contribution in [0.4, 0.5) is 0 Å². The van der Waals surface area contributed by atoms with Gasteiger partial charge in [0.2, 0.25) is 5.91 Å². The monoisotopic (exact) mass is 227 g/mol. The lowest BCUT2D eigenvalue weighted by atomic mass is 10.3. The van der Waals surface area contributed by atoms with Crippen LogP contribution in [0.15, 0.2) is 0 Å². The highest BCUT2D eigenvalue weighted by Crippen LogP contribution is 2.09. The van der Waals surface area contributed by atoms with E-state index in [-0.39, 0.29) is 11.9 Å². The third kappa shape index (κ3) is 2.93. The average molecular weight is 227 g/mol. The normalized spacial score (nSPS) is 24.7. The van der Waals surface area contributed by atoms with E-state index in [0.717, 1.165) is 52.2 Å². The highest BCUT2D eigenvalue weighted by atomic mass is 16.5. The van der Waals surface area contributed by atoms with E-state index in [1.165, 1.54) is 0 Å². The lowest BCUT2D eigenvalue weighted by Gasteiger charge is -2.31. The summed E-state index contributed by atoms with van der Waals surface area (Å²) in [7, 11) is 0. The molecule has 0 radical (unpaired) electrons. The van der Waals surface area contributed by atoms with Gasteiger partial charge in [0.25, 0.3) is 0 Å². The Kier molecular flexibility index (Phi) is 4.15. The summed E-state index contributed by atoms with van der Waals surface area (Å²) in [4.78, 5) is 14.0. The molecule has 5 heteroatoms. The second-order valence-electron chi connectivity index (χ2n) is 4.48. The Labute approximate surface area is 96.7 Å². The summed E-state index contributed by atoms with van der Waals surface area (Å²) in [5, 5.41) is 2.09. The van der Waals surface area contributed by atoms with Crippen LogP contribution in [-0.2, 0) is 9.53 Å². The molecule has 1 N–H and O–H groups in total. The lowest BCUT2D eigenvalue weighted by Crippen LogP contribution is -2.54. The molecule has 2 aliphatic heterocycles. The van der Waals surface area contributed by atoms with E-state index in [1.54, 1.807) is 0 Å². The Bertz CT molecular complexity index is 235. The molecule has 1 amide bonds. The number of ether oxygens (including phenoxy) is 1. The molecule has 0 aromatic rings. The molecule has 2 fully saturated rings. The molecule has 2 saturated heterocycles. The highest BCUT2D eigenvalue weighted by molar-refractivity contribution is 5.81. The van der Waals surface area contributed by atoms with Crippen LogP contribution in [0.1, 0.15) is 19.8 Å². The van der Waals surface area contributed by atoms with Crippen LogP contribution >= 0.6 is 0 Å². The minimum Gasteiger partial charge on any atom is -0.379 e. The third-order valence-corrected chi connectivity index (χ3v) is 3.18. The van der Waals surface area contributed by atoms with Gasteiger partial charge in [0, 0.05) is 26.2 Å². The molecule has 1 atom stereocenters. The number of hydrogen-bond donors (Lipinski definition) is 1. The predicted molar refractivity (Wildman–Crippen MR) is 60.8 cm³/mol. The van der Waals surface area contributed by atoms with Crippen molar-refractivity contribution in [3.05, 3.63) is 0 Å². The molecule has 2 aliphatic rings. The molecule has 0 aromatic carbocycles. The maximum Gasteiger partial charge on any atom is 0.240 e. The molecule has 0 bridgehead atoms. The van der Waals surface area contributed by atoms with Crippen molar-refractivity contribution < 1.29 is 9.53 Å². The lowest BCUT2D eigenvalue weighted by molar-refractivity contribution is -0.134. The number of carbonyl (C=O) groups excluding carboxylic acids is 1. The fourth-order valence-corrected chi connectivity index (χ4v) is 2.23. The van der Waals surface area contributed by atoms with E-state index in [2.05, 4.69) is 10.4 Å². The van der Waals surface area contributed by atoms with Crippen molar-refractivity contribution in [2.45, 2.75) is 25.8 Å². The summed E-state index contributed by atoms with van der Waals surface area (Å²) in [5.74, 6) is 0.226. The van der Waals surface area contributed by atoms with Gasteiger partial charge in [-0.05, 0) is 19.8 Å². The van der Waals surface area contributed by atoms with Crippen LogP contribution < -0.4 is 5.43 Å². The molecule has 0 saturated carbocycles. The first-order valence-corrected chi connectivity index (χ1v) is 6.15. The van der Waals surface area contributed by atoms with Crippen molar-refractivity contribution in [3.63, 3.8) is 0 Å². The van der Waals surface area contributed by atoms with Crippen LogP contribution in [0, 0.1) is 0 Å². The molecule has 92 valence electrons. The van der Waals surface area contributed by atoms with Crippen molar-refractivity contribution in [3.8, 4) is 0 Å². The SMILES string of the molecule is CC(NN1CCOCC1)C(=O)N1CCCC1. The fraction of sp³-hybridized carbons (Fsp3) is 0.909. The Morgan fingerprint density at radius 3 is 2.44 bits per heavy atom. The number of likely N-dealkylation sites (tertiary alicyclic amines) is 1. The summed E-state index contributed by atoms with van der Waals surface area (Å²) in [5.41, 5.74) is 3.26. The van der Waals surface area contributed by atoms with E-state index in [4.69, 9.17) is 4.74 Å². The molecule has 16 heavy (non-hydrogen) atoms. The van der Waals surface area contributed by atoms with E-state index < -0.39 is 0 Å². The summed E-state index contributed by atoms with van der Waals surface area (Å²) in [6.07, 6.45) is 2.30. The summed E-state index contributed by atoms with van der Waals surface area (Å²) in [6.45, 7) is 7.00. The number of nitrogens with zero attached hydrogens (tertiary/aromatic N) is 2. The van der Waals surface area contributed by atoms with Crippen LogP contribution in [0.5, 0.6) is 0 Å². The van der Waals surface area contributed by atoms with E-state index in [1.807, 2.05) is 11.8 Å². The van der Waals surface area contributed by atoms with Crippen molar-refractivity contribution in [2.24, 2.45) is 0 Å². The molecule has 0 aliphatic carbocycles. The number of hydrogen-bond acceptors (Lipinski definition) is 4. The molecule has 2 rings (SSSR count). The zero-order valence-corrected chi connectivity index (χ0v) is 9.95. The topological polar surface area (TPSA) is 44.8 Å². The minimum absolute atomic E-state index is 0.115. The van der Waals surface area contributed by atoms with Crippen molar-refractivity contribution in [1.29, 1.82) is 0 Å². The zero-order chi connectivity index (χ0) is 11.4. The number of carbonyl (C=O) groups is 1. The maximum absolute atomic E-state index is 12.0. The third-order valence-electron chi connectivity index (χ3n) is 3.18. The van der Waals surface area contributed by atoms with E-state index >= 15 is 0 Å². The van der Waals surface area contributed by atoms with E-state index in [9.17, 15) is 4.79 Å². The molecular weight excluding hydrogens is 206 g/mol. The van der Waals surface area contributed by atoms with E-state index in [0.29, 0.717) is 0 Å². The Morgan fingerprint density at radius 1 is 1.19 bits per heavy atom. The van der Waals surface area contributed by atoms with Gasteiger partial charge in [-0.15, -0.1) is 0 Å². The number of hydrazine groups is 1. The highest BCUT2D eigenvalue weighted by Gasteiger charge is 2.24. The van der Waals surface area contributed by atoms with Crippen LogP contribution in [0.2, 0.25) is 0 Å². The van der Waals surface area contributed by atoms with Crippen LogP contribution in [0.25, 0.3) is 0 Å². The molecule has 0 aromatic heterocycles. The molecule has 5 nitrogen and oxygen atoms in total. The average Bonchev–Trinajstić information content (AvgIpc) is 2.83. The fourth-order valence-electron chi connectivity index (χ4n) is 2.23. The van der Waals surface area contributed by atoms with Gasteiger partial charge in [0.1, 0.15) is 0 Å². The molecule has 1 unspecified atom stereocenters. The molecular formula is C11H21N3O2. The minimum atomic E-state index is -0.115. The van der Waals surface area contributed by atoms with Crippen LogP contribution in [0.3, 0.4) is 0 Å². The maximum atomic E-state index is 12.0. The van der Waals surface area contributed by atoms with Gasteiger partial charge in [-0.3, -0.25) is 4.79 Å². The first kappa shape index (κ1) is 11.8. The Balaban J connectivity index is 1.77. The summed E-state index contributed by atoms with van der Waals surface area (Å²) < 4.78 is 5.26. The van der Waals surface area contributed by atoms with Crippen molar-refractivity contribution in [2.75, 3.05) is 39.4 Å². The molecule has 2 heterocycles. The Morgan fingerprint density at radius 2 is 1.81 bits per heavy atom. The Hall–Kier alpha value is -0.650. The standard InChI is InChI=1S/C11H21N3O2/c1-10(11(15)13-4-2-3-5-13)12-14-6-8-16-9-7-14/h10,12H,2-9H2,1H3. The van der Waals surface area contributed by atoms with Crippen LogP contribution in [-0.4, -0.2) is 61.3 Å². The van der Waals surface area contributed by atoms with Gasteiger partial charge in [0.15, 0.2) is 0 Å². The van der Waals surface area contributed by atoms with Crippen molar-refractivity contribution in [1.82, 2.24) is 15.3 Å². The second-order valence-corrected chi connectivity index (χ2v) is 4.48. The first-order valence-electron chi connectivity index (χ1n) is 6.15. The number of morpholine rings is 1. The summed E-state index contributed by atoms with van der Waals surface area (Å²) >= 11 is 0. The van der Waals surface area contributed by atoms with Gasteiger partial charge >= 0.3 is 0 Å². The van der Waals surface area contributed by atoms with Crippen molar-refractivity contribution >= 4 is 5.91 Å². The molecule has 0 spiro atoms.